The molecule has 0 unspecified atom stereocenters. The van der Waals surface area contributed by atoms with Crippen molar-refractivity contribution in [1.29, 1.82) is 0 Å². The summed E-state index contributed by atoms with van der Waals surface area (Å²) in [4.78, 5) is 11.7. The van der Waals surface area contributed by atoms with Crippen molar-refractivity contribution in [1.82, 2.24) is 5.32 Å². The molecule has 1 amide bonds. The van der Waals surface area contributed by atoms with Crippen LogP contribution in [0, 0.1) is 0 Å². The Morgan fingerprint density at radius 1 is 1.50 bits per heavy atom. The van der Waals surface area contributed by atoms with Gasteiger partial charge in [-0.25, -0.2) is 0 Å². The van der Waals surface area contributed by atoms with Crippen LogP contribution in [-0.4, -0.2) is 34.9 Å². The smallest absolute Gasteiger partial charge is 0.220 e. The fourth-order valence-electron chi connectivity index (χ4n) is 2.26. The third kappa shape index (κ3) is 4.78. The van der Waals surface area contributed by atoms with Crippen LogP contribution in [0.2, 0.25) is 0 Å². The van der Waals surface area contributed by atoms with Gasteiger partial charge in [0, 0.05) is 6.42 Å². The van der Waals surface area contributed by atoms with Crippen molar-refractivity contribution >= 4 is 5.91 Å². The highest BCUT2D eigenvalue weighted by molar-refractivity contribution is 5.76. The van der Waals surface area contributed by atoms with E-state index in [-0.39, 0.29) is 12.5 Å². The summed E-state index contributed by atoms with van der Waals surface area (Å²) in [6, 6.07) is -0.566. The zero-order chi connectivity index (χ0) is 13.4. The van der Waals surface area contributed by atoms with Gasteiger partial charge in [0.25, 0.3) is 0 Å². The minimum Gasteiger partial charge on any atom is -0.394 e. The molecule has 1 aliphatic carbocycles. The molecule has 3 N–H and O–H groups in total. The number of aliphatic hydroxyl groups excluding tert-OH is 2. The van der Waals surface area contributed by atoms with E-state index in [1.807, 2.05) is 6.08 Å². The molecular weight excluding hydrogens is 230 g/mol. The van der Waals surface area contributed by atoms with Gasteiger partial charge >= 0.3 is 0 Å². The molecule has 18 heavy (non-hydrogen) atoms. The molecule has 4 nitrogen and oxygen atoms in total. The van der Waals surface area contributed by atoms with E-state index in [9.17, 15) is 15.0 Å². The minimum absolute atomic E-state index is 0.0832. The Balaban J connectivity index is 2.38. The van der Waals surface area contributed by atoms with Crippen LogP contribution in [0.1, 0.15) is 51.9 Å². The van der Waals surface area contributed by atoms with E-state index < -0.39 is 12.1 Å². The van der Waals surface area contributed by atoms with Gasteiger partial charge < -0.3 is 15.5 Å². The maximum Gasteiger partial charge on any atom is 0.220 e. The molecule has 0 heterocycles. The molecule has 0 fully saturated rings. The summed E-state index contributed by atoms with van der Waals surface area (Å²) < 4.78 is 0. The number of carbonyl (C=O) groups excluding carboxylic acids is 1. The molecule has 104 valence electrons. The van der Waals surface area contributed by atoms with Gasteiger partial charge in [-0.3, -0.25) is 4.79 Å². The highest BCUT2D eigenvalue weighted by Gasteiger charge is 2.24. The summed E-state index contributed by atoms with van der Waals surface area (Å²) in [6.07, 6.45) is 7.60. The lowest BCUT2D eigenvalue weighted by atomic mass is 10.0. The van der Waals surface area contributed by atoms with Crippen molar-refractivity contribution in [2.24, 2.45) is 0 Å². The molecule has 0 spiro atoms. The number of amides is 1. The van der Waals surface area contributed by atoms with E-state index in [1.165, 1.54) is 0 Å². The second kappa shape index (κ2) is 8.27. The largest absolute Gasteiger partial charge is 0.394 e. The maximum atomic E-state index is 11.7. The average Bonchev–Trinajstić information content (AvgIpc) is 2.89. The third-order valence-electron chi connectivity index (χ3n) is 3.39. The number of allylic oxidation sites excluding steroid dienone is 1. The van der Waals surface area contributed by atoms with E-state index in [2.05, 4.69) is 12.2 Å². The lowest BCUT2D eigenvalue weighted by molar-refractivity contribution is -0.123. The first kappa shape index (κ1) is 15.2. The molecule has 0 bridgehead atoms. The Bertz CT molecular complexity index is 289. The van der Waals surface area contributed by atoms with E-state index in [1.54, 1.807) is 0 Å². The van der Waals surface area contributed by atoms with Crippen LogP contribution in [0.3, 0.4) is 0 Å². The Hall–Kier alpha value is -0.870. The van der Waals surface area contributed by atoms with E-state index >= 15 is 0 Å². The second-order valence-corrected chi connectivity index (χ2v) is 4.93. The van der Waals surface area contributed by atoms with Crippen LogP contribution in [0.5, 0.6) is 0 Å². The highest BCUT2D eigenvalue weighted by Crippen LogP contribution is 2.22. The van der Waals surface area contributed by atoms with Crippen LogP contribution >= 0.6 is 0 Å². The quantitative estimate of drug-likeness (QED) is 0.455. The topological polar surface area (TPSA) is 69.6 Å². The summed E-state index contributed by atoms with van der Waals surface area (Å²) in [5, 5.41) is 22.1. The van der Waals surface area contributed by atoms with Crippen LogP contribution in [-0.2, 0) is 4.79 Å². The zero-order valence-corrected chi connectivity index (χ0v) is 11.2. The van der Waals surface area contributed by atoms with Crippen molar-refractivity contribution in [2.75, 3.05) is 6.61 Å². The standard InChI is InChI=1S/C14H25NO3/c1-2-3-4-9-13(17)15-12(10-16)14(18)11-7-5-6-8-11/h7,12,14,16,18H,2-6,8-10H2,1H3,(H,15,17)/t12-,14+/m0/s1. The SMILES string of the molecule is CCCCCC(=O)N[C@@H](CO)[C@H](O)C1=CCCC1. The molecule has 0 aromatic heterocycles. The van der Waals surface area contributed by atoms with Gasteiger partial charge in [-0.15, -0.1) is 0 Å². The van der Waals surface area contributed by atoms with Crippen molar-refractivity contribution in [3.05, 3.63) is 11.6 Å². The number of unbranched alkanes of at least 4 members (excludes halogenated alkanes) is 2. The van der Waals surface area contributed by atoms with Gasteiger partial charge in [-0.1, -0.05) is 25.8 Å². The summed E-state index contributed by atoms with van der Waals surface area (Å²) >= 11 is 0. The number of rotatable bonds is 8. The summed E-state index contributed by atoms with van der Waals surface area (Å²) in [7, 11) is 0. The number of aliphatic hydroxyl groups is 2. The van der Waals surface area contributed by atoms with Crippen LogP contribution in [0.25, 0.3) is 0 Å². The summed E-state index contributed by atoms with van der Waals surface area (Å²) in [5.74, 6) is -0.0832. The van der Waals surface area contributed by atoms with Gasteiger partial charge in [-0.2, -0.15) is 0 Å². The molecule has 0 saturated heterocycles. The molecule has 0 saturated carbocycles. The normalized spacial score (nSPS) is 18.3. The first-order chi connectivity index (χ1) is 8.69. The molecule has 2 atom stereocenters. The molecule has 1 aliphatic rings. The van der Waals surface area contributed by atoms with Gasteiger partial charge in [-0.05, 0) is 31.3 Å². The summed E-state index contributed by atoms with van der Waals surface area (Å²) in [5.41, 5.74) is 0.947. The predicted molar refractivity (Wildman–Crippen MR) is 71.1 cm³/mol. The second-order valence-electron chi connectivity index (χ2n) is 4.93. The molecule has 0 radical (unpaired) electrons. The zero-order valence-electron chi connectivity index (χ0n) is 11.2. The van der Waals surface area contributed by atoms with Gasteiger partial charge in [0.2, 0.25) is 5.91 Å². The monoisotopic (exact) mass is 255 g/mol. The van der Waals surface area contributed by atoms with Crippen molar-refractivity contribution in [3.8, 4) is 0 Å². The lowest BCUT2D eigenvalue weighted by Crippen LogP contribution is -2.46. The Kier molecular flexibility index (Phi) is 6.98. The Labute approximate surface area is 109 Å². The average molecular weight is 255 g/mol. The van der Waals surface area contributed by atoms with Crippen molar-refractivity contribution < 1.29 is 15.0 Å². The molecule has 0 aromatic rings. The van der Waals surface area contributed by atoms with Crippen LogP contribution in [0.15, 0.2) is 11.6 Å². The predicted octanol–water partition coefficient (Wildman–Crippen LogP) is 1.51. The molecule has 4 heteroatoms. The molecule has 1 rings (SSSR count). The number of carbonyl (C=O) groups is 1. The first-order valence-electron chi connectivity index (χ1n) is 6.96. The number of hydrogen-bond acceptors (Lipinski definition) is 3. The fraction of sp³-hybridized carbons (Fsp3) is 0.786. The third-order valence-corrected chi connectivity index (χ3v) is 3.39. The maximum absolute atomic E-state index is 11.7. The molecular formula is C14H25NO3. The van der Waals surface area contributed by atoms with E-state index in [0.29, 0.717) is 6.42 Å². The fourth-order valence-corrected chi connectivity index (χ4v) is 2.26. The first-order valence-corrected chi connectivity index (χ1v) is 6.96. The Morgan fingerprint density at radius 3 is 2.83 bits per heavy atom. The van der Waals surface area contributed by atoms with Gasteiger partial charge in [0.1, 0.15) is 0 Å². The number of hydrogen-bond donors (Lipinski definition) is 3. The van der Waals surface area contributed by atoms with Gasteiger partial charge in [0.05, 0.1) is 18.8 Å². The minimum atomic E-state index is -0.743. The van der Waals surface area contributed by atoms with Crippen molar-refractivity contribution in [3.63, 3.8) is 0 Å². The highest BCUT2D eigenvalue weighted by atomic mass is 16.3. The van der Waals surface area contributed by atoms with Gasteiger partial charge in [0.15, 0.2) is 0 Å². The lowest BCUT2D eigenvalue weighted by Gasteiger charge is -2.23. The van der Waals surface area contributed by atoms with Crippen molar-refractivity contribution in [2.45, 2.75) is 64.0 Å². The van der Waals surface area contributed by atoms with E-state index in [4.69, 9.17) is 0 Å². The molecule has 0 aliphatic heterocycles. The summed E-state index contributed by atoms with van der Waals surface area (Å²) in [6.45, 7) is 1.86. The van der Waals surface area contributed by atoms with Crippen LogP contribution < -0.4 is 5.32 Å². The van der Waals surface area contributed by atoms with E-state index in [0.717, 1.165) is 44.1 Å². The Morgan fingerprint density at radius 2 is 2.28 bits per heavy atom. The number of nitrogens with one attached hydrogen (secondary N) is 1. The van der Waals surface area contributed by atoms with Crippen LogP contribution in [0.4, 0.5) is 0 Å². The molecule has 0 aromatic carbocycles.